The molecule has 0 spiro atoms. The predicted octanol–water partition coefficient (Wildman–Crippen LogP) is 4.27. The van der Waals surface area contributed by atoms with Crippen LogP contribution in [0.4, 0.5) is 19.2 Å². The Morgan fingerprint density at radius 2 is 2.16 bits per heavy atom. The minimum Gasteiger partial charge on any atom is -0.422 e. The summed E-state index contributed by atoms with van der Waals surface area (Å²) in [6.45, 7) is 7.20. The summed E-state index contributed by atoms with van der Waals surface area (Å²) in [4.78, 5) is 25.1. The summed E-state index contributed by atoms with van der Waals surface area (Å²) in [5, 5.41) is 15.2. The van der Waals surface area contributed by atoms with Crippen LogP contribution in [0.1, 0.15) is 44.0 Å². The van der Waals surface area contributed by atoms with Crippen molar-refractivity contribution in [1.29, 1.82) is 0 Å². The fourth-order valence-electron chi connectivity index (χ4n) is 5.38. The van der Waals surface area contributed by atoms with Crippen LogP contribution < -0.4 is 15.0 Å². The first-order valence-corrected chi connectivity index (χ1v) is 13.2. The number of aromatic nitrogens is 2. The van der Waals surface area contributed by atoms with Gasteiger partial charge in [0.2, 0.25) is 0 Å². The van der Waals surface area contributed by atoms with E-state index in [-0.39, 0.29) is 52.8 Å². The number of anilines is 1. The number of aliphatic hydroxyl groups excluding tert-OH is 1. The Morgan fingerprint density at radius 1 is 1.39 bits per heavy atom. The molecule has 0 aliphatic carbocycles. The van der Waals surface area contributed by atoms with Crippen LogP contribution in [0.2, 0.25) is 0 Å². The Kier molecular flexibility index (Phi) is 6.59. The average Bonchev–Trinajstić information content (AvgIpc) is 3.57. The van der Waals surface area contributed by atoms with E-state index in [1.807, 2.05) is 4.90 Å². The molecule has 0 saturated carbocycles. The zero-order chi connectivity index (χ0) is 27.5. The molecule has 2 aliphatic rings. The maximum atomic E-state index is 13.6. The van der Waals surface area contributed by atoms with Crippen LogP contribution in [0.3, 0.4) is 0 Å². The third-order valence-corrected chi connectivity index (χ3v) is 8.32. The van der Waals surface area contributed by atoms with Crippen molar-refractivity contribution in [2.45, 2.75) is 51.6 Å². The minimum atomic E-state index is -5.08. The van der Waals surface area contributed by atoms with Gasteiger partial charge in [0, 0.05) is 49.8 Å². The third-order valence-electron chi connectivity index (χ3n) is 7.51. The number of alkyl halides is 3. The summed E-state index contributed by atoms with van der Waals surface area (Å²) in [7, 11) is 1.39. The molecule has 1 amide bonds. The Morgan fingerprint density at radius 3 is 2.79 bits per heavy atom. The zero-order valence-electron chi connectivity index (χ0n) is 21.6. The Balaban J connectivity index is 1.69. The van der Waals surface area contributed by atoms with E-state index in [1.165, 1.54) is 24.5 Å². The van der Waals surface area contributed by atoms with Crippen LogP contribution >= 0.6 is 11.3 Å². The average molecular weight is 554 g/mol. The smallest absolute Gasteiger partial charge is 0.422 e. The van der Waals surface area contributed by atoms with Gasteiger partial charge in [0.05, 0.1) is 17.7 Å². The van der Waals surface area contributed by atoms with Gasteiger partial charge in [-0.15, -0.1) is 24.5 Å². The number of nitrogens with one attached hydrogen (secondary N) is 1. The first kappa shape index (κ1) is 26.7. The zero-order valence-corrected chi connectivity index (χ0v) is 22.4. The third kappa shape index (κ3) is 4.71. The minimum absolute atomic E-state index is 0.0613. The first-order valence-electron chi connectivity index (χ1n) is 12.3. The normalized spacial score (nSPS) is 21.8. The molecule has 0 radical (unpaired) electrons. The van der Waals surface area contributed by atoms with Gasteiger partial charge in [0.25, 0.3) is 11.9 Å². The number of benzene rings is 1. The van der Waals surface area contributed by atoms with Crippen molar-refractivity contribution in [3.8, 4) is 16.3 Å². The Bertz CT molecular complexity index is 1340. The van der Waals surface area contributed by atoms with Gasteiger partial charge < -0.3 is 29.4 Å². The number of thiazole rings is 1. The fourth-order valence-corrected chi connectivity index (χ4v) is 6.03. The molecule has 13 heteroatoms. The molecule has 4 heterocycles. The molecule has 38 heavy (non-hydrogen) atoms. The first-order chi connectivity index (χ1) is 17.8. The summed E-state index contributed by atoms with van der Waals surface area (Å²) in [5.74, 6) is -1.49. The van der Waals surface area contributed by atoms with Crippen molar-refractivity contribution < 1.29 is 32.2 Å². The largest absolute Gasteiger partial charge is 0.573 e. The summed E-state index contributed by atoms with van der Waals surface area (Å²) >= 11 is 1.26. The van der Waals surface area contributed by atoms with Crippen LogP contribution in [-0.4, -0.2) is 77.1 Å². The van der Waals surface area contributed by atoms with Gasteiger partial charge in [-0.2, -0.15) is 4.98 Å². The molecule has 5 rings (SSSR count). The molecule has 3 aromatic rings. The fraction of sp³-hybridized carbons (Fsp3) is 0.560. The van der Waals surface area contributed by atoms with Crippen LogP contribution in [-0.2, 0) is 0 Å². The van der Waals surface area contributed by atoms with Gasteiger partial charge in [-0.25, -0.2) is 4.98 Å². The number of ether oxygens (including phenoxy) is 1. The molecule has 2 aromatic heterocycles. The molecule has 206 valence electrons. The van der Waals surface area contributed by atoms with Crippen molar-refractivity contribution in [3.63, 3.8) is 0 Å². The van der Waals surface area contributed by atoms with E-state index in [2.05, 4.69) is 40.8 Å². The molecule has 2 N–H and O–H groups in total. The van der Waals surface area contributed by atoms with Crippen molar-refractivity contribution >= 4 is 34.4 Å². The van der Waals surface area contributed by atoms with Gasteiger partial charge in [-0.1, -0.05) is 20.8 Å². The molecule has 2 atom stereocenters. The number of likely N-dealkylation sites (N-methyl/N-ethyl adjacent to an activating group) is 1. The highest BCUT2D eigenvalue weighted by Crippen LogP contribution is 2.46. The summed E-state index contributed by atoms with van der Waals surface area (Å²) in [5.41, 5.74) is -0.448. The number of halogens is 3. The van der Waals surface area contributed by atoms with Gasteiger partial charge in [-0.05, 0) is 24.3 Å². The predicted molar refractivity (Wildman–Crippen MR) is 136 cm³/mol. The van der Waals surface area contributed by atoms with Crippen LogP contribution in [0.5, 0.6) is 5.75 Å². The van der Waals surface area contributed by atoms with Gasteiger partial charge in [0.15, 0.2) is 16.8 Å². The molecule has 1 aromatic carbocycles. The number of fused-ring (bicyclic) bond motifs is 3. The summed E-state index contributed by atoms with van der Waals surface area (Å²) < 4.78 is 51.4. The number of hydrogen-bond acceptors (Lipinski definition) is 9. The lowest BCUT2D eigenvalue weighted by Gasteiger charge is -2.48. The highest BCUT2D eigenvalue weighted by molar-refractivity contribution is 7.13. The Labute approximate surface area is 221 Å². The van der Waals surface area contributed by atoms with Crippen molar-refractivity contribution in [2.75, 3.05) is 38.2 Å². The second-order valence-electron chi connectivity index (χ2n) is 10.9. The second kappa shape index (κ2) is 9.38. The van der Waals surface area contributed by atoms with Gasteiger partial charge >= 0.3 is 6.36 Å². The van der Waals surface area contributed by atoms with Gasteiger partial charge in [0.1, 0.15) is 5.01 Å². The number of piperazine rings is 1. The van der Waals surface area contributed by atoms with E-state index in [1.54, 1.807) is 11.6 Å². The molecule has 2 bridgehead atoms. The standard InChI is InChI=1S/C25H30F3N5O4S/c1-23(2,3)24-6-5-14(31-24)12-33(13-24)22-30-17-18(36-22)15(20-29-7-10-38-20)11-16(19(17)37-25(26,27)28)21(35)32(4)8-9-34/h7,10-11,14,31,34H,5-6,8-9,12-13H2,1-4H3. The monoisotopic (exact) mass is 553 g/mol. The van der Waals surface area contributed by atoms with Crippen molar-refractivity contribution in [3.05, 3.63) is 23.2 Å². The topological polar surface area (TPSA) is 104 Å². The maximum Gasteiger partial charge on any atom is 0.573 e. The van der Waals surface area contributed by atoms with Gasteiger partial charge in [-0.3, -0.25) is 4.79 Å². The van der Waals surface area contributed by atoms with Crippen LogP contribution in [0.25, 0.3) is 21.7 Å². The van der Waals surface area contributed by atoms with Crippen molar-refractivity contribution in [2.24, 2.45) is 5.41 Å². The number of nitrogens with zero attached hydrogens (tertiary/aromatic N) is 4. The molecule has 2 saturated heterocycles. The van der Waals surface area contributed by atoms with E-state index in [0.717, 1.165) is 17.7 Å². The molecule has 2 aliphatic heterocycles. The highest BCUT2D eigenvalue weighted by Gasteiger charge is 2.52. The molecular weight excluding hydrogens is 523 g/mol. The highest BCUT2D eigenvalue weighted by atomic mass is 32.1. The lowest BCUT2D eigenvalue weighted by Crippen LogP contribution is -2.65. The molecule has 2 fully saturated rings. The number of carbonyl (C=O) groups excluding carboxylic acids is 1. The second-order valence-corrected chi connectivity index (χ2v) is 11.8. The maximum absolute atomic E-state index is 13.6. The van der Waals surface area contributed by atoms with Crippen LogP contribution in [0, 0.1) is 5.41 Å². The number of carbonyl (C=O) groups is 1. The number of oxazole rings is 1. The summed E-state index contributed by atoms with van der Waals surface area (Å²) in [6, 6.07) is 1.65. The number of amides is 1. The van der Waals surface area contributed by atoms with E-state index in [4.69, 9.17) is 4.42 Å². The molecular formula is C25H30F3N5O4S. The lowest BCUT2D eigenvalue weighted by atomic mass is 9.72. The van der Waals surface area contributed by atoms with E-state index >= 15 is 0 Å². The van der Waals surface area contributed by atoms with Crippen molar-refractivity contribution in [1.82, 2.24) is 20.2 Å². The molecule has 2 unspecified atom stereocenters. The SMILES string of the molecule is CN(CCO)C(=O)c1cc(-c2nccs2)c2oc(N3CC4CCC(C(C)(C)C)(C3)N4)nc2c1OC(F)(F)F. The van der Waals surface area contributed by atoms with E-state index in [9.17, 15) is 23.1 Å². The summed E-state index contributed by atoms with van der Waals surface area (Å²) in [6.07, 6.45) is -1.59. The number of hydrogen-bond donors (Lipinski definition) is 2. The number of rotatable bonds is 6. The number of aliphatic hydroxyl groups is 1. The lowest BCUT2D eigenvalue weighted by molar-refractivity contribution is -0.274. The molecule has 9 nitrogen and oxygen atoms in total. The van der Waals surface area contributed by atoms with Crippen LogP contribution in [0.15, 0.2) is 22.1 Å². The van der Waals surface area contributed by atoms with E-state index < -0.39 is 18.0 Å². The quantitative estimate of drug-likeness (QED) is 0.467. The van der Waals surface area contributed by atoms with E-state index in [0.29, 0.717) is 23.7 Å². The Hall–Kier alpha value is -2.90.